The average Bonchev–Trinajstić information content (AvgIpc) is 3.30. The summed E-state index contributed by atoms with van der Waals surface area (Å²) in [7, 11) is 0. The third-order valence-corrected chi connectivity index (χ3v) is 5.97. The van der Waals surface area contributed by atoms with Crippen molar-refractivity contribution in [2.75, 3.05) is 31.5 Å². The number of hydrogen-bond acceptors (Lipinski definition) is 4. The molecule has 28 heavy (non-hydrogen) atoms. The minimum Gasteiger partial charge on any atom is -0.341 e. The van der Waals surface area contributed by atoms with Gasteiger partial charge in [0.25, 0.3) is 5.91 Å². The van der Waals surface area contributed by atoms with E-state index >= 15 is 0 Å². The van der Waals surface area contributed by atoms with Gasteiger partial charge in [-0.25, -0.2) is 0 Å². The number of hydrogen-bond donors (Lipinski definition) is 2. The molecule has 2 aliphatic rings. The smallest absolute Gasteiger partial charge is 0.250 e. The summed E-state index contributed by atoms with van der Waals surface area (Å²) in [5.41, 5.74) is 0.215. The predicted octanol–water partition coefficient (Wildman–Crippen LogP) is 1.84. The maximum atomic E-state index is 13.5. The quantitative estimate of drug-likeness (QED) is 0.847. The summed E-state index contributed by atoms with van der Waals surface area (Å²) in [6, 6.07) is 11.4. The predicted molar refractivity (Wildman–Crippen MR) is 107 cm³/mol. The number of amides is 2. The van der Waals surface area contributed by atoms with E-state index in [1.807, 2.05) is 52.2 Å². The molecule has 4 rings (SSSR count). The normalized spacial score (nSPS) is 19.9. The van der Waals surface area contributed by atoms with Crippen LogP contribution in [0.5, 0.6) is 0 Å². The number of carbonyl (C=O) groups is 2. The molecule has 1 aromatic heterocycles. The number of rotatable bonds is 4. The second-order valence-corrected chi connectivity index (χ2v) is 7.65. The average molecular weight is 381 g/mol. The lowest BCUT2D eigenvalue weighted by Gasteiger charge is -2.42. The Labute approximate surface area is 165 Å². The van der Waals surface area contributed by atoms with E-state index in [4.69, 9.17) is 0 Å². The van der Waals surface area contributed by atoms with Crippen molar-refractivity contribution < 1.29 is 9.59 Å². The van der Waals surface area contributed by atoms with Gasteiger partial charge in [-0.05, 0) is 57.0 Å². The summed E-state index contributed by atoms with van der Waals surface area (Å²) in [5.74, 6) is 0.125. The van der Waals surface area contributed by atoms with Crippen LogP contribution in [0.4, 0.5) is 5.69 Å². The van der Waals surface area contributed by atoms with Crippen molar-refractivity contribution in [1.82, 2.24) is 20.0 Å². The second kappa shape index (κ2) is 8.14. The maximum absolute atomic E-state index is 13.5. The van der Waals surface area contributed by atoms with Gasteiger partial charge in [0.2, 0.25) is 5.91 Å². The Morgan fingerprint density at radius 1 is 1.07 bits per heavy atom. The highest BCUT2D eigenvalue weighted by molar-refractivity contribution is 5.93. The minimum absolute atomic E-state index is 0.0435. The monoisotopic (exact) mass is 381 g/mol. The van der Waals surface area contributed by atoms with Crippen molar-refractivity contribution in [2.45, 2.75) is 31.2 Å². The summed E-state index contributed by atoms with van der Waals surface area (Å²) >= 11 is 0. The van der Waals surface area contributed by atoms with Crippen LogP contribution in [-0.4, -0.2) is 52.7 Å². The van der Waals surface area contributed by atoms with Gasteiger partial charge in [-0.1, -0.05) is 18.2 Å². The zero-order chi connectivity index (χ0) is 19.4. The van der Waals surface area contributed by atoms with Crippen molar-refractivity contribution in [3.05, 3.63) is 48.8 Å². The van der Waals surface area contributed by atoms with E-state index in [1.165, 1.54) is 0 Å². The summed E-state index contributed by atoms with van der Waals surface area (Å²) < 4.78 is 1.84. The van der Waals surface area contributed by atoms with Gasteiger partial charge in [0, 0.05) is 37.1 Å². The van der Waals surface area contributed by atoms with Gasteiger partial charge in [0.1, 0.15) is 5.54 Å². The number of anilines is 1. The molecule has 2 amide bonds. The van der Waals surface area contributed by atoms with Crippen LogP contribution in [0, 0.1) is 5.92 Å². The molecular formula is C21H27N5O2. The van der Waals surface area contributed by atoms with Gasteiger partial charge in [0.05, 0.1) is 0 Å². The number of carbonyl (C=O) groups excluding carboxylic acids is 2. The van der Waals surface area contributed by atoms with Gasteiger partial charge < -0.3 is 15.5 Å². The second-order valence-electron chi connectivity index (χ2n) is 7.65. The highest BCUT2D eigenvalue weighted by atomic mass is 16.2. The molecule has 2 saturated heterocycles. The number of aromatic nitrogens is 2. The highest BCUT2D eigenvalue weighted by Gasteiger charge is 2.45. The van der Waals surface area contributed by atoms with Crippen molar-refractivity contribution >= 4 is 17.5 Å². The Morgan fingerprint density at radius 3 is 2.43 bits per heavy atom. The topological polar surface area (TPSA) is 79.3 Å². The molecule has 2 fully saturated rings. The molecule has 3 heterocycles. The number of piperidine rings is 2. The van der Waals surface area contributed by atoms with Crippen molar-refractivity contribution in [3.8, 4) is 0 Å². The van der Waals surface area contributed by atoms with Crippen LogP contribution in [0.3, 0.4) is 0 Å². The number of nitrogens with zero attached hydrogens (tertiary/aromatic N) is 3. The summed E-state index contributed by atoms with van der Waals surface area (Å²) in [4.78, 5) is 28.0. The molecule has 2 aromatic rings. The first-order chi connectivity index (χ1) is 13.7. The Hall–Kier alpha value is -2.67. The molecule has 1 aromatic carbocycles. The summed E-state index contributed by atoms with van der Waals surface area (Å²) in [6.45, 7) is 2.84. The van der Waals surface area contributed by atoms with Gasteiger partial charge in [-0.3, -0.25) is 14.3 Å². The van der Waals surface area contributed by atoms with Crippen LogP contribution in [0.2, 0.25) is 0 Å². The summed E-state index contributed by atoms with van der Waals surface area (Å²) in [5, 5.41) is 10.7. The highest BCUT2D eigenvalue weighted by Crippen LogP contribution is 2.31. The largest absolute Gasteiger partial charge is 0.341 e. The molecule has 0 unspecified atom stereocenters. The van der Waals surface area contributed by atoms with Crippen LogP contribution < -0.4 is 10.6 Å². The summed E-state index contributed by atoms with van der Waals surface area (Å²) in [6.07, 6.45) is 6.49. The first-order valence-corrected chi connectivity index (χ1v) is 10.1. The van der Waals surface area contributed by atoms with E-state index in [2.05, 4.69) is 15.7 Å². The third-order valence-electron chi connectivity index (χ3n) is 5.97. The molecule has 0 bridgehead atoms. The fourth-order valence-corrected chi connectivity index (χ4v) is 4.31. The number of nitrogens with one attached hydrogen (secondary N) is 2. The first-order valence-electron chi connectivity index (χ1n) is 10.1. The minimum atomic E-state index is -0.603. The third kappa shape index (κ3) is 3.67. The van der Waals surface area contributed by atoms with Gasteiger partial charge in [-0.15, -0.1) is 0 Å². The standard InChI is InChI=1S/C21H27N5O2/c27-19(24-18-5-2-1-3-6-18)17-7-15-25(16-8-17)20(28)21(9-12-22-13-10-21)26-14-4-11-23-26/h1-6,11,14,17,22H,7-10,12-13,15-16H2,(H,24,27). The number of benzene rings is 1. The fourth-order valence-electron chi connectivity index (χ4n) is 4.31. The first kappa shape index (κ1) is 18.7. The zero-order valence-electron chi connectivity index (χ0n) is 16.0. The van der Waals surface area contributed by atoms with Crippen LogP contribution >= 0.6 is 0 Å². The Morgan fingerprint density at radius 2 is 1.79 bits per heavy atom. The van der Waals surface area contributed by atoms with Crippen LogP contribution in [0.25, 0.3) is 0 Å². The van der Waals surface area contributed by atoms with E-state index in [1.54, 1.807) is 6.20 Å². The number of para-hydroxylation sites is 1. The Balaban J connectivity index is 1.40. The van der Waals surface area contributed by atoms with E-state index in [9.17, 15) is 9.59 Å². The Bertz CT molecular complexity index is 791. The zero-order valence-corrected chi connectivity index (χ0v) is 16.0. The molecule has 0 atom stereocenters. The lowest BCUT2D eigenvalue weighted by Crippen LogP contribution is -2.57. The lowest BCUT2D eigenvalue weighted by atomic mass is 9.85. The number of likely N-dealkylation sites (tertiary alicyclic amines) is 1. The molecule has 0 spiro atoms. The molecule has 2 aliphatic heterocycles. The van der Waals surface area contributed by atoms with Gasteiger partial charge in [0.15, 0.2) is 0 Å². The van der Waals surface area contributed by atoms with Crippen molar-refractivity contribution in [3.63, 3.8) is 0 Å². The van der Waals surface area contributed by atoms with E-state index in [0.717, 1.165) is 31.6 Å². The molecular weight excluding hydrogens is 354 g/mol. The molecule has 0 radical (unpaired) electrons. The van der Waals surface area contributed by atoms with E-state index in [0.29, 0.717) is 25.9 Å². The molecule has 2 N–H and O–H groups in total. The van der Waals surface area contributed by atoms with Crippen molar-refractivity contribution in [2.24, 2.45) is 5.92 Å². The molecule has 0 aliphatic carbocycles. The molecule has 0 saturated carbocycles. The fraction of sp³-hybridized carbons (Fsp3) is 0.476. The maximum Gasteiger partial charge on any atom is 0.250 e. The van der Waals surface area contributed by atoms with Crippen LogP contribution in [0.15, 0.2) is 48.8 Å². The van der Waals surface area contributed by atoms with Crippen LogP contribution in [-0.2, 0) is 15.1 Å². The SMILES string of the molecule is O=C(Nc1ccccc1)C1CCN(C(=O)C2(n3cccn3)CCNCC2)CC1. The van der Waals surface area contributed by atoms with E-state index in [-0.39, 0.29) is 17.7 Å². The molecule has 7 nitrogen and oxygen atoms in total. The van der Waals surface area contributed by atoms with E-state index < -0.39 is 5.54 Å². The molecule has 148 valence electrons. The molecule has 7 heteroatoms. The van der Waals surface area contributed by atoms with Gasteiger partial charge >= 0.3 is 0 Å². The van der Waals surface area contributed by atoms with Crippen LogP contribution in [0.1, 0.15) is 25.7 Å². The van der Waals surface area contributed by atoms with Crippen molar-refractivity contribution in [1.29, 1.82) is 0 Å². The lowest BCUT2D eigenvalue weighted by molar-refractivity contribution is -0.145. The Kier molecular flexibility index (Phi) is 5.43. The van der Waals surface area contributed by atoms with Gasteiger partial charge in [-0.2, -0.15) is 5.10 Å².